The molecule has 4 heteroatoms. The Morgan fingerprint density at radius 2 is 1.82 bits per heavy atom. The predicted molar refractivity (Wildman–Crippen MR) is 82.7 cm³/mol. The lowest BCUT2D eigenvalue weighted by Crippen LogP contribution is -2.31. The lowest BCUT2D eigenvalue weighted by atomic mass is 10.1. The van der Waals surface area contributed by atoms with E-state index in [1.165, 1.54) is 11.1 Å². The number of halogens is 1. The number of thiocarbonyl (C=S) groups is 1. The molecule has 0 saturated heterocycles. The Morgan fingerprint density at radius 3 is 2.29 bits per heavy atom. The topological polar surface area (TPSA) is 24.1 Å². The summed E-state index contributed by atoms with van der Waals surface area (Å²) < 4.78 is 1.10. The van der Waals surface area contributed by atoms with Crippen molar-refractivity contribution in [2.24, 2.45) is 5.92 Å². The number of nitrogens with one attached hydrogen (secondary N) is 2. The van der Waals surface area contributed by atoms with Crippen molar-refractivity contribution in [2.75, 3.05) is 11.9 Å². The third-order valence-electron chi connectivity index (χ3n) is 2.41. The van der Waals surface area contributed by atoms with Gasteiger partial charge in [-0.2, -0.15) is 0 Å². The van der Waals surface area contributed by atoms with Crippen LogP contribution >= 0.6 is 28.1 Å². The second kappa shape index (κ2) is 6.36. The molecule has 0 atom stereocenters. The molecule has 2 nitrogen and oxygen atoms in total. The molecule has 0 heterocycles. The van der Waals surface area contributed by atoms with E-state index in [1.54, 1.807) is 0 Å². The van der Waals surface area contributed by atoms with Crippen LogP contribution in [-0.2, 0) is 0 Å². The van der Waals surface area contributed by atoms with Crippen molar-refractivity contribution in [1.82, 2.24) is 5.32 Å². The summed E-state index contributed by atoms with van der Waals surface area (Å²) in [6.45, 7) is 9.36. The van der Waals surface area contributed by atoms with Gasteiger partial charge in [0.2, 0.25) is 0 Å². The van der Waals surface area contributed by atoms with Crippen molar-refractivity contribution >= 4 is 38.9 Å². The molecule has 1 aromatic carbocycles. The van der Waals surface area contributed by atoms with Gasteiger partial charge in [-0.15, -0.1) is 0 Å². The first-order valence-corrected chi connectivity index (χ1v) is 6.92. The zero-order valence-corrected chi connectivity index (χ0v) is 13.1. The lowest BCUT2D eigenvalue weighted by Gasteiger charge is -2.16. The van der Waals surface area contributed by atoms with Crippen molar-refractivity contribution < 1.29 is 0 Å². The maximum atomic E-state index is 5.27. The van der Waals surface area contributed by atoms with Gasteiger partial charge in [0, 0.05) is 16.7 Å². The van der Waals surface area contributed by atoms with Crippen LogP contribution in [0.1, 0.15) is 25.0 Å². The largest absolute Gasteiger partial charge is 0.362 e. The molecule has 1 rings (SSSR count). The number of anilines is 1. The highest BCUT2D eigenvalue weighted by molar-refractivity contribution is 9.10. The molecule has 0 bridgehead atoms. The number of rotatable bonds is 3. The molecule has 0 saturated carbocycles. The maximum absolute atomic E-state index is 5.27. The first-order chi connectivity index (χ1) is 7.90. The molecule has 0 unspecified atom stereocenters. The highest BCUT2D eigenvalue weighted by atomic mass is 79.9. The molecule has 0 aromatic heterocycles. The van der Waals surface area contributed by atoms with Gasteiger partial charge in [0.15, 0.2) is 5.11 Å². The Labute approximate surface area is 117 Å². The Bertz CT molecular complexity index is 393. The van der Waals surface area contributed by atoms with Crippen molar-refractivity contribution in [2.45, 2.75) is 27.7 Å². The number of benzene rings is 1. The van der Waals surface area contributed by atoms with Gasteiger partial charge in [0.05, 0.1) is 0 Å². The quantitative estimate of drug-likeness (QED) is 0.824. The van der Waals surface area contributed by atoms with E-state index in [4.69, 9.17) is 12.2 Å². The molecule has 94 valence electrons. The van der Waals surface area contributed by atoms with E-state index >= 15 is 0 Å². The minimum Gasteiger partial charge on any atom is -0.362 e. The fourth-order valence-corrected chi connectivity index (χ4v) is 2.43. The smallest absolute Gasteiger partial charge is 0.170 e. The van der Waals surface area contributed by atoms with E-state index in [9.17, 15) is 0 Å². The monoisotopic (exact) mass is 314 g/mol. The van der Waals surface area contributed by atoms with Crippen LogP contribution in [0.25, 0.3) is 0 Å². The summed E-state index contributed by atoms with van der Waals surface area (Å²) in [6, 6.07) is 4.17. The van der Waals surface area contributed by atoms with Gasteiger partial charge < -0.3 is 10.6 Å². The first-order valence-electron chi connectivity index (χ1n) is 5.71. The minimum atomic E-state index is 0.585. The van der Waals surface area contributed by atoms with Crippen molar-refractivity contribution in [3.63, 3.8) is 0 Å². The molecule has 2 N–H and O–H groups in total. The summed E-state index contributed by atoms with van der Waals surface area (Å²) in [5.74, 6) is 0.585. The molecule has 1 aromatic rings. The van der Waals surface area contributed by atoms with E-state index in [1.807, 2.05) is 0 Å². The second-order valence-electron chi connectivity index (χ2n) is 4.64. The average Bonchev–Trinajstić information content (AvgIpc) is 2.20. The second-order valence-corrected chi connectivity index (χ2v) is 5.97. The number of hydrogen-bond donors (Lipinski definition) is 2. The van der Waals surface area contributed by atoms with Gasteiger partial charge in [-0.25, -0.2) is 0 Å². The van der Waals surface area contributed by atoms with Crippen LogP contribution in [0.2, 0.25) is 0 Å². The van der Waals surface area contributed by atoms with Gasteiger partial charge in [-0.05, 0) is 55.2 Å². The molecule has 0 spiro atoms. The third kappa shape index (κ3) is 4.64. The summed E-state index contributed by atoms with van der Waals surface area (Å²) in [6.07, 6.45) is 0. The Balaban J connectivity index is 2.72. The molecule has 0 radical (unpaired) electrons. The number of hydrogen-bond acceptors (Lipinski definition) is 1. The SMILES string of the molecule is Cc1cc(Br)cc(C)c1NC(=S)NCC(C)C. The zero-order chi connectivity index (χ0) is 13.0. The van der Waals surface area contributed by atoms with Crippen LogP contribution in [0, 0.1) is 19.8 Å². The molecule has 0 aliphatic rings. The lowest BCUT2D eigenvalue weighted by molar-refractivity contribution is 0.627. The normalized spacial score (nSPS) is 10.5. The van der Waals surface area contributed by atoms with Crippen molar-refractivity contribution in [3.05, 3.63) is 27.7 Å². The minimum absolute atomic E-state index is 0.585. The summed E-state index contributed by atoms with van der Waals surface area (Å²) in [4.78, 5) is 0. The van der Waals surface area contributed by atoms with E-state index < -0.39 is 0 Å². The van der Waals surface area contributed by atoms with Crippen molar-refractivity contribution in [1.29, 1.82) is 0 Å². The third-order valence-corrected chi connectivity index (χ3v) is 3.11. The van der Waals surface area contributed by atoms with E-state index in [-0.39, 0.29) is 0 Å². The van der Waals surface area contributed by atoms with Crippen LogP contribution in [0.15, 0.2) is 16.6 Å². The molecule has 0 aliphatic heterocycles. The summed E-state index contributed by atoms with van der Waals surface area (Å²) in [5.41, 5.74) is 3.46. The van der Waals surface area contributed by atoms with E-state index in [0.717, 1.165) is 16.7 Å². The van der Waals surface area contributed by atoms with Crippen LogP contribution in [-0.4, -0.2) is 11.7 Å². The van der Waals surface area contributed by atoms with E-state index in [0.29, 0.717) is 11.0 Å². The maximum Gasteiger partial charge on any atom is 0.170 e. The van der Waals surface area contributed by atoms with Crippen LogP contribution in [0.5, 0.6) is 0 Å². The molecule has 0 fully saturated rings. The highest BCUT2D eigenvalue weighted by Crippen LogP contribution is 2.24. The van der Waals surface area contributed by atoms with Crippen LogP contribution in [0.4, 0.5) is 5.69 Å². The molecule has 0 amide bonds. The Kier molecular flexibility index (Phi) is 5.40. The predicted octanol–water partition coefficient (Wildman–Crippen LogP) is 4.01. The van der Waals surface area contributed by atoms with Gasteiger partial charge in [0.1, 0.15) is 0 Å². The average molecular weight is 315 g/mol. The summed E-state index contributed by atoms with van der Waals surface area (Å²) >= 11 is 8.76. The van der Waals surface area contributed by atoms with E-state index in [2.05, 4.69) is 66.4 Å². The highest BCUT2D eigenvalue weighted by Gasteiger charge is 2.06. The van der Waals surface area contributed by atoms with Gasteiger partial charge in [0.25, 0.3) is 0 Å². The van der Waals surface area contributed by atoms with Gasteiger partial charge in [-0.1, -0.05) is 29.8 Å². The van der Waals surface area contributed by atoms with Gasteiger partial charge >= 0.3 is 0 Å². The van der Waals surface area contributed by atoms with Gasteiger partial charge in [-0.3, -0.25) is 0 Å². The standard InChI is InChI=1S/C13H19BrN2S/c1-8(2)7-15-13(17)16-12-9(3)5-11(14)6-10(12)4/h5-6,8H,7H2,1-4H3,(H2,15,16,17). The number of aryl methyl sites for hydroxylation is 2. The first kappa shape index (κ1) is 14.5. The molecular weight excluding hydrogens is 296 g/mol. The molecule has 17 heavy (non-hydrogen) atoms. The van der Waals surface area contributed by atoms with Crippen LogP contribution in [0.3, 0.4) is 0 Å². The Hall–Kier alpha value is -0.610. The fourth-order valence-electron chi connectivity index (χ4n) is 1.56. The molecular formula is C13H19BrN2S. The summed E-state index contributed by atoms with van der Waals surface area (Å²) in [5, 5.41) is 7.16. The molecule has 0 aliphatic carbocycles. The summed E-state index contributed by atoms with van der Waals surface area (Å²) in [7, 11) is 0. The Morgan fingerprint density at radius 1 is 1.29 bits per heavy atom. The van der Waals surface area contributed by atoms with Crippen LogP contribution < -0.4 is 10.6 Å². The fraction of sp³-hybridized carbons (Fsp3) is 0.462. The zero-order valence-electron chi connectivity index (χ0n) is 10.7. The van der Waals surface area contributed by atoms with Crippen molar-refractivity contribution in [3.8, 4) is 0 Å².